The predicted octanol–water partition coefficient (Wildman–Crippen LogP) is 0.839. The number of nitrogens with two attached hydrogens (primary N) is 1. The number of hydrogen-bond acceptors (Lipinski definition) is 5. The van der Waals surface area contributed by atoms with E-state index in [1.807, 2.05) is 0 Å². The maximum atomic E-state index is 12.5. The summed E-state index contributed by atoms with van der Waals surface area (Å²) in [7, 11) is 0. The van der Waals surface area contributed by atoms with Crippen molar-refractivity contribution in [1.29, 1.82) is 0 Å². The smallest absolute Gasteiger partial charge is 0.258 e. The molecule has 20 heavy (non-hydrogen) atoms. The molecule has 7 heteroatoms. The first-order valence-electron chi connectivity index (χ1n) is 6.35. The van der Waals surface area contributed by atoms with Gasteiger partial charge in [-0.05, 0) is 31.4 Å². The molecule has 1 aliphatic rings. The Morgan fingerprint density at radius 1 is 1.35 bits per heavy atom. The molecule has 1 fully saturated rings. The molecule has 5 N–H and O–H groups in total. The third-order valence-electron chi connectivity index (χ3n) is 3.47. The molecule has 0 radical (unpaired) electrons. The minimum Gasteiger partial charge on any atom is -0.504 e. The van der Waals surface area contributed by atoms with E-state index in [1.165, 1.54) is 23.1 Å². The standard InChI is InChI=1S/C13H17N3O4/c14-12(15-20)9-5-1-2-7-16(9)13(19)8-4-3-6-10(17)11(8)18/h3-4,6,9,17-18,20H,1-2,5,7H2,(H2,14,15). The lowest BCUT2D eigenvalue weighted by molar-refractivity contribution is 0.0673. The molecule has 0 aliphatic carbocycles. The molecule has 0 spiro atoms. The number of carbonyl (C=O) groups excluding carboxylic acids is 1. The predicted molar refractivity (Wildman–Crippen MR) is 71.9 cm³/mol. The van der Waals surface area contributed by atoms with Gasteiger partial charge in [-0.25, -0.2) is 0 Å². The molecule has 0 aromatic heterocycles. The van der Waals surface area contributed by atoms with E-state index in [1.54, 1.807) is 0 Å². The topological polar surface area (TPSA) is 119 Å². The van der Waals surface area contributed by atoms with Crippen LogP contribution in [-0.2, 0) is 0 Å². The van der Waals surface area contributed by atoms with E-state index in [0.29, 0.717) is 13.0 Å². The zero-order chi connectivity index (χ0) is 14.7. The van der Waals surface area contributed by atoms with Crippen molar-refractivity contribution in [2.75, 3.05) is 6.54 Å². The van der Waals surface area contributed by atoms with Crippen LogP contribution in [0.1, 0.15) is 29.6 Å². The van der Waals surface area contributed by atoms with E-state index in [2.05, 4.69) is 5.16 Å². The van der Waals surface area contributed by atoms with Crippen molar-refractivity contribution < 1.29 is 20.2 Å². The van der Waals surface area contributed by atoms with Gasteiger partial charge in [0.15, 0.2) is 17.3 Å². The van der Waals surface area contributed by atoms with Crippen LogP contribution in [0.4, 0.5) is 0 Å². The molecule has 2 rings (SSSR count). The Bertz CT molecular complexity index is 544. The van der Waals surface area contributed by atoms with Crippen molar-refractivity contribution in [2.45, 2.75) is 25.3 Å². The minimum absolute atomic E-state index is 0.00244. The first kappa shape index (κ1) is 14.0. The molecular weight excluding hydrogens is 262 g/mol. The van der Waals surface area contributed by atoms with Gasteiger partial charge in [0.1, 0.15) is 0 Å². The summed E-state index contributed by atoms with van der Waals surface area (Å²) in [6, 6.07) is 3.70. The van der Waals surface area contributed by atoms with Gasteiger partial charge >= 0.3 is 0 Å². The Morgan fingerprint density at radius 3 is 2.80 bits per heavy atom. The minimum atomic E-state index is -0.497. The van der Waals surface area contributed by atoms with E-state index in [0.717, 1.165) is 12.8 Å². The Kier molecular flexibility index (Phi) is 3.97. The molecule has 1 heterocycles. The summed E-state index contributed by atoms with van der Waals surface area (Å²) in [6.07, 6.45) is 2.28. The van der Waals surface area contributed by atoms with Gasteiger partial charge in [-0.3, -0.25) is 4.79 Å². The van der Waals surface area contributed by atoms with Crippen molar-refractivity contribution in [3.63, 3.8) is 0 Å². The number of benzene rings is 1. The van der Waals surface area contributed by atoms with Crippen molar-refractivity contribution in [1.82, 2.24) is 4.90 Å². The lowest BCUT2D eigenvalue weighted by Crippen LogP contribution is -2.50. The number of carbonyl (C=O) groups is 1. The number of aromatic hydroxyl groups is 2. The number of oxime groups is 1. The number of phenols is 2. The normalized spacial score (nSPS) is 19.9. The molecule has 1 amide bonds. The number of amidine groups is 1. The fourth-order valence-electron chi connectivity index (χ4n) is 2.41. The van der Waals surface area contributed by atoms with Crippen molar-refractivity contribution in [3.05, 3.63) is 23.8 Å². The van der Waals surface area contributed by atoms with Gasteiger partial charge in [0.2, 0.25) is 0 Å². The summed E-state index contributed by atoms with van der Waals surface area (Å²) in [5, 5.41) is 31.0. The largest absolute Gasteiger partial charge is 0.504 e. The van der Waals surface area contributed by atoms with Crippen LogP contribution in [0.2, 0.25) is 0 Å². The summed E-state index contributed by atoms with van der Waals surface area (Å²) in [5.41, 5.74) is 5.62. The molecule has 108 valence electrons. The van der Waals surface area contributed by atoms with Crippen LogP contribution in [0.25, 0.3) is 0 Å². The number of piperidine rings is 1. The molecule has 0 saturated carbocycles. The fraction of sp³-hybridized carbons (Fsp3) is 0.385. The lowest BCUT2D eigenvalue weighted by Gasteiger charge is -2.34. The van der Waals surface area contributed by atoms with Gasteiger partial charge < -0.3 is 26.1 Å². The van der Waals surface area contributed by atoms with Crippen molar-refractivity contribution in [3.8, 4) is 11.5 Å². The molecule has 7 nitrogen and oxygen atoms in total. The quantitative estimate of drug-likeness (QED) is 0.210. The Morgan fingerprint density at radius 2 is 2.10 bits per heavy atom. The summed E-state index contributed by atoms with van der Waals surface area (Å²) in [5.74, 6) is -1.29. The van der Waals surface area contributed by atoms with Crippen LogP contribution in [-0.4, -0.2) is 44.6 Å². The third-order valence-corrected chi connectivity index (χ3v) is 3.47. The van der Waals surface area contributed by atoms with Gasteiger partial charge in [-0.2, -0.15) is 0 Å². The second kappa shape index (κ2) is 5.68. The first-order valence-corrected chi connectivity index (χ1v) is 6.35. The van der Waals surface area contributed by atoms with Gasteiger partial charge in [0.05, 0.1) is 11.6 Å². The molecule has 1 saturated heterocycles. The third kappa shape index (κ3) is 2.47. The SMILES string of the molecule is N/C(=N/O)C1CCCCN1C(=O)c1cccc(O)c1O. The van der Waals surface area contributed by atoms with E-state index in [4.69, 9.17) is 10.9 Å². The van der Waals surface area contributed by atoms with Crippen LogP contribution in [0, 0.1) is 0 Å². The molecular formula is C13H17N3O4. The molecule has 1 atom stereocenters. The van der Waals surface area contributed by atoms with E-state index in [-0.39, 0.29) is 17.1 Å². The maximum absolute atomic E-state index is 12.5. The van der Waals surface area contributed by atoms with Crippen LogP contribution >= 0.6 is 0 Å². The second-order valence-electron chi connectivity index (χ2n) is 4.71. The van der Waals surface area contributed by atoms with Crippen molar-refractivity contribution >= 4 is 11.7 Å². The number of hydrogen-bond donors (Lipinski definition) is 4. The average molecular weight is 279 g/mol. The molecule has 1 aromatic carbocycles. The van der Waals surface area contributed by atoms with Gasteiger partial charge in [-0.1, -0.05) is 11.2 Å². The van der Waals surface area contributed by atoms with E-state index >= 15 is 0 Å². The van der Waals surface area contributed by atoms with Gasteiger partial charge in [0.25, 0.3) is 5.91 Å². The lowest BCUT2D eigenvalue weighted by atomic mass is 9.99. The second-order valence-corrected chi connectivity index (χ2v) is 4.71. The van der Waals surface area contributed by atoms with Crippen LogP contribution in [0.5, 0.6) is 11.5 Å². The fourth-order valence-corrected chi connectivity index (χ4v) is 2.41. The zero-order valence-electron chi connectivity index (χ0n) is 10.9. The Labute approximate surface area is 115 Å². The summed E-state index contributed by atoms with van der Waals surface area (Å²) in [6.45, 7) is 0.453. The van der Waals surface area contributed by atoms with E-state index < -0.39 is 17.7 Å². The number of amides is 1. The van der Waals surface area contributed by atoms with Crippen LogP contribution in [0.3, 0.4) is 0 Å². The highest BCUT2D eigenvalue weighted by Gasteiger charge is 2.31. The van der Waals surface area contributed by atoms with Gasteiger partial charge in [0, 0.05) is 6.54 Å². The highest BCUT2D eigenvalue weighted by molar-refractivity contribution is 6.00. The first-order chi connectivity index (χ1) is 9.56. The Hall–Kier alpha value is -2.44. The summed E-state index contributed by atoms with van der Waals surface area (Å²) >= 11 is 0. The highest BCUT2D eigenvalue weighted by Crippen LogP contribution is 2.30. The molecule has 1 unspecified atom stereocenters. The molecule has 0 bridgehead atoms. The van der Waals surface area contributed by atoms with E-state index in [9.17, 15) is 15.0 Å². The monoisotopic (exact) mass is 279 g/mol. The number of nitrogens with zero attached hydrogens (tertiary/aromatic N) is 2. The number of rotatable bonds is 2. The number of phenolic OH excluding ortho intramolecular Hbond substituents is 2. The van der Waals surface area contributed by atoms with Gasteiger partial charge in [-0.15, -0.1) is 0 Å². The zero-order valence-corrected chi connectivity index (χ0v) is 10.9. The van der Waals surface area contributed by atoms with Crippen LogP contribution in [0.15, 0.2) is 23.4 Å². The summed E-state index contributed by atoms with van der Waals surface area (Å²) in [4.78, 5) is 13.9. The average Bonchev–Trinajstić information content (AvgIpc) is 2.48. The maximum Gasteiger partial charge on any atom is 0.258 e. The highest BCUT2D eigenvalue weighted by atomic mass is 16.4. The molecule has 1 aromatic rings. The summed E-state index contributed by atoms with van der Waals surface area (Å²) < 4.78 is 0. The number of likely N-dealkylation sites (tertiary alicyclic amines) is 1. The van der Waals surface area contributed by atoms with Crippen molar-refractivity contribution in [2.24, 2.45) is 10.9 Å². The van der Waals surface area contributed by atoms with Crippen LogP contribution < -0.4 is 5.73 Å². The number of para-hydroxylation sites is 1. The molecule has 1 aliphatic heterocycles. The Balaban J connectivity index is 2.32.